The van der Waals surface area contributed by atoms with E-state index in [2.05, 4.69) is 4.90 Å². The van der Waals surface area contributed by atoms with E-state index in [-0.39, 0.29) is 23.7 Å². The Hall–Kier alpha value is -1.75. The molecule has 1 aromatic carbocycles. The van der Waals surface area contributed by atoms with Gasteiger partial charge in [-0.2, -0.15) is 0 Å². The smallest absolute Gasteiger partial charge is 0.307 e. The number of anilines is 1. The second kappa shape index (κ2) is 6.52. The summed E-state index contributed by atoms with van der Waals surface area (Å²) < 4.78 is 0. The molecule has 1 N–H and O–H groups in total. The summed E-state index contributed by atoms with van der Waals surface area (Å²) in [6, 6.07) is 7.75. The molecule has 4 rings (SSSR count). The Labute approximate surface area is 152 Å². The summed E-state index contributed by atoms with van der Waals surface area (Å²) in [5.74, 6) is -1.05. The molecular formula is C19H23ClN2O3. The number of rotatable bonds is 3. The SMILES string of the molecule is O=C(O)[C@@H]1[C@H]2CC[C@@H](C2)[C@H]1C(=O)N1CCN(c2cccc(Cl)c2)CC1. The Kier molecular flexibility index (Phi) is 4.36. The summed E-state index contributed by atoms with van der Waals surface area (Å²) in [6.45, 7) is 2.80. The van der Waals surface area contributed by atoms with E-state index < -0.39 is 11.9 Å². The van der Waals surface area contributed by atoms with E-state index in [0.717, 1.165) is 38.0 Å². The minimum atomic E-state index is -0.789. The monoisotopic (exact) mass is 362 g/mol. The molecule has 25 heavy (non-hydrogen) atoms. The number of carboxylic acids is 1. The summed E-state index contributed by atoms with van der Waals surface area (Å²) in [4.78, 5) is 28.8. The molecule has 5 nitrogen and oxygen atoms in total. The second-order valence-electron chi connectivity index (χ2n) is 7.52. The highest BCUT2D eigenvalue weighted by atomic mass is 35.5. The van der Waals surface area contributed by atoms with Crippen LogP contribution >= 0.6 is 11.6 Å². The average Bonchev–Trinajstić information content (AvgIpc) is 3.22. The predicted octanol–water partition coefficient (Wildman–Crippen LogP) is 2.74. The van der Waals surface area contributed by atoms with E-state index in [1.807, 2.05) is 29.2 Å². The Balaban J connectivity index is 1.42. The molecule has 1 heterocycles. The van der Waals surface area contributed by atoms with Crippen LogP contribution in [0.2, 0.25) is 5.02 Å². The van der Waals surface area contributed by atoms with Crippen molar-refractivity contribution in [1.82, 2.24) is 4.90 Å². The maximum atomic E-state index is 13.0. The summed E-state index contributed by atoms with van der Waals surface area (Å²) >= 11 is 6.06. The average molecular weight is 363 g/mol. The van der Waals surface area contributed by atoms with E-state index >= 15 is 0 Å². The zero-order valence-electron chi connectivity index (χ0n) is 14.1. The standard InChI is InChI=1S/C19H23ClN2O3/c20-14-2-1-3-15(11-14)21-6-8-22(9-7-21)18(23)16-12-4-5-13(10-12)17(16)19(24)25/h1-3,11-13,16-17H,4-10H2,(H,24,25)/t12-,13-,16+,17+/m0/s1. The van der Waals surface area contributed by atoms with E-state index in [9.17, 15) is 14.7 Å². The molecule has 3 fully saturated rings. The number of carbonyl (C=O) groups excluding carboxylic acids is 1. The third-order valence-electron chi connectivity index (χ3n) is 6.25. The molecule has 2 saturated carbocycles. The van der Waals surface area contributed by atoms with Crippen LogP contribution in [0, 0.1) is 23.7 Å². The molecule has 0 spiro atoms. The first-order chi connectivity index (χ1) is 12.0. The molecule has 0 radical (unpaired) electrons. The first-order valence-corrected chi connectivity index (χ1v) is 9.44. The van der Waals surface area contributed by atoms with Gasteiger partial charge in [-0.1, -0.05) is 17.7 Å². The fourth-order valence-electron chi connectivity index (χ4n) is 5.07. The van der Waals surface area contributed by atoms with Gasteiger partial charge >= 0.3 is 5.97 Å². The third kappa shape index (κ3) is 2.99. The van der Waals surface area contributed by atoms with Crippen LogP contribution < -0.4 is 4.90 Å². The van der Waals surface area contributed by atoms with Crippen LogP contribution in [0.25, 0.3) is 0 Å². The van der Waals surface area contributed by atoms with E-state index in [0.29, 0.717) is 18.1 Å². The number of benzene rings is 1. The number of hydrogen-bond donors (Lipinski definition) is 1. The Morgan fingerprint density at radius 3 is 2.36 bits per heavy atom. The van der Waals surface area contributed by atoms with Crippen molar-refractivity contribution in [3.05, 3.63) is 29.3 Å². The van der Waals surface area contributed by atoms with Crippen molar-refractivity contribution in [2.75, 3.05) is 31.1 Å². The normalized spacial score (nSPS) is 31.4. The number of fused-ring (bicyclic) bond motifs is 2. The van der Waals surface area contributed by atoms with Crippen LogP contribution in [0.3, 0.4) is 0 Å². The summed E-state index contributed by atoms with van der Waals surface area (Å²) in [6.07, 6.45) is 2.89. The van der Waals surface area contributed by atoms with Crippen molar-refractivity contribution in [2.45, 2.75) is 19.3 Å². The minimum absolute atomic E-state index is 0.0605. The highest BCUT2D eigenvalue weighted by molar-refractivity contribution is 6.30. The van der Waals surface area contributed by atoms with E-state index in [1.165, 1.54) is 0 Å². The number of nitrogens with zero attached hydrogens (tertiary/aromatic N) is 2. The van der Waals surface area contributed by atoms with Crippen molar-refractivity contribution >= 4 is 29.2 Å². The van der Waals surface area contributed by atoms with Crippen LogP contribution in [0.15, 0.2) is 24.3 Å². The largest absolute Gasteiger partial charge is 0.481 e. The van der Waals surface area contributed by atoms with Crippen LogP contribution in [-0.2, 0) is 9.59 Å². The molecule has 1 aliphatic heterocycles. The zero-order chi connectivity index (χ0) is 17.6. The number of carboxylic acid groups (broad SMARTS) is 1. The van der Waals surface area contributed by atoms with Gasteiger partial charge < -0.3 is 14.9 Å². The molecule has 3 aliphatic rings. The summed E-state index contributed by atoms with van der Waals surface area (Å²) in [7, 11) is 0. The highest BCUT2D eigenvalue weighted by Gasteiger charge is 2.54. The lowest BCUT2D eigenvalue weighted by Crippen LogP contribution is -2.52. The quantitative estimate of drug-likeness (QED) is 0.898. The molecule has 0 aromatic heterocycles. The van der Waals surface area contributed by atoms with Crippen LogP contribution in [0.5, 0.6) is 0 Å². The van der Waals surface area contributed by atoms with Gasteiger partial charge in [-0.05, 0) is 49.3 Å². The predicted molar refractivity (Wildman–Crippen MR) is 95.7 cm³/mol. The fraction of sp³-hybridized carbons (Fsp3) is 0.579. The molecule has 2 bridgehead atoms. The van der Waals surface area contributed by atoms with Gasteiger partial charge in [-0.15, -0.1) is 0 Å². The van der Waals surface area contributed by atoms with Gasteiger partial charge in [0.05, 0.1) is 11.8 Å². The first-order valence-electron chi connectivity index (χ1n) is 9.06. The van der Waals surface area contributed by atoms with Crippen LogP contribution in [-0.4, -0.2) is 48.1 Å². The van der Waals surface area contributed by atoms with Crippen molar-refractivity contribution in [1.29, 1.82) is 0 Å². The Morgan fingerprint density at radius 2 is 1.72 bits per heavy atom. The summed E-state index contributed by atoms with van der Waals surface area (Å²) in [5, 5.41) is 10.3. The highest BCUT2D eigenvalue weighted by Crippen LogP contribution is 2.53. The van der Waals surface area contributed by atoms with Gasteiger partial charge in [0.15, 0.2) is 0 Å². The van der Waals surface area contributed by atoms with Crippen molar-refractivity contribution in [2.24, 2.45) is 23.7 Å². The molecule has 1 saturated heterocycles. The lowest BCUT2D eigenvalue weighted by atomic mass is 9.78. The molecule has 4 atom stereocenters. The second-order valence-corrected chi connectivity index (χ2v) is 7.95. The molecule has 2 aliphatic carbocycles. The van der Waals surface area contributed by atoms with Crippen molar-refractivity contribution in [3.63, 3.8) is 0 Å². The fourth-order valence-corrected chi connectivity index (χ4v) is 5.26. The lowest BCUT2D eigenvalue weighted by molar-refractivity contribution is -0.153. The van der Waals surface area contributed by atoms with E-state index in [1.54, 1.807) is 0 Å². The third-order valence-corrected chi connectivity index (χ3v) is 6.49. The zero-order valence-corrected chi connectivity index (χ0v) is 14.9. The van der Waals surface area contributed by atoms with Crippen molar-refractivity contribution in [3.8, 4) is 0 Å². The van der Waals surface area contributed by atoms with Gasteiger partial charge in [0, 0.05) is 36.9 Å². The van der Waals surface area contributed by atoms with Crippen molar-refractivity contribution < 1.29 is 14.7 Å². The molecule has 0 unspecified atom stereocenters. The molecular weight excluding hydrogens is 340 g/mol. The number of amides is 1. The summed E-state index contributed by atoms with van der Waals surface area (Å²) in [5.41, 5.74) is 1.07. The van der Waals surface area contributed by atoms with Gasteiger partial charge in [-0.25, -0.2) is 0 Å². The Morgan fingerprint density at radius 1 is 1.04 bits per heavy atom. The van der Waals surface area contributed by atoms with Crippen LogP contribution in [0.1, 0.15) is 19.3 Å². The lowest BCUT2D eigenvalue weighted by Gasteiger charge is -2.39. The van der Waals surface area contributed by atoms with Gasteiger partial charge in [0.2, 0.25) is 5.91 Å². The maximum Gasteiger partial charge on any atom is 0.307 e. The van der Waals surface area contributed by atoms with Gasteiger partial charge in [0.25, 0.3) is 0 Å². The van der Waals surface area contributed by atoms with Gasteiger partial charge in [-0.3, -0.25) is 9.59 Å². The number of carbonyl (C=O) groups is 2. The Bertz CT molecular complexity index is 687. The van der Waals surface area contributed by atoms with E-state index in [4.69, 9.17) is 11.6 Å². The molecule has 134 valence electrons. The number of piperazine rings is 1. The topological polar surface area (TPSA) is 60.9 Å². The molecule has 6 heteroatoms. The number of hydrogen-bond acceptors (Lipinski definition) is 3. The molecule has 1 aromatic rings. The maximum absolute atomic E-state index is 13.0. The number of aliphatic carboxylic acids is 1. The van der Waals surface area contributed by atoms with Gasteiger partial charge in [0.1, 0.15) is 0 Å². The number of halogens is 1. The first kappa shape index (κ1) is 16.7. The minimum Gasteiger partial charge on any atom is -0.481 e. The van der Waals surface area contributed by atoms with Crippen LogP contribution in [0.4, 0.5) is 5.69 Å². The molecule has 1 amide bonds.